The van der Waals surface area contributed by atoms with Crippen molar-refractivity contribution in [3.05, 3.63) is 34.1 Å². The lowest BCUT2D eigenvalue weighted by Gasteiger charge is -2.23. The minimum absolute atomic E-state index is 0.0510. The van der Waals surface area contributed by atoms with Gasteiger partial charge in [0.15, 0.2) is 0 Å². The number of hydrogen-bond donors (Lipinski definition) is 1. The minimum Gasteiger partial charge on any atom is -0.374 e. The summed E-state index contributed by atoms with van der Waals surface area (Å²) in [5, 5.41) is 3.33. The van der Waals surface area contributed by atoms with Gasteiger partial charge in [-0.25, -0.2) is 4.39 Å². The highest BCUT2D eigenvalue weighted by atomic mass is 79.9. The van der Waals surface area contributed by atoms with Gasteiger partial charge in [-0.05, 0) is 43.5 Å². The van der Waals surface area contributed by atoms with Crippen LogP contribution in [0.4, 0.5) is 4.39 Å². The van der Waals surface area contributed by atoms with Crippen molar-refractivity contribution < 1.29 is 9.13 Å². The SMILES string of the molecule is CC1(CNCc2cc(F)cc(Br)c2)CCCO1. The minimum atomic E-state index is -0.209. The number of rotatable bonds is 4. The maximum absolute atomic E-state index is 13.1. The summed E-state index contributed by atoms with van der Waals surface area (Å²) >= 11 is 3.29. The Bertz CT molecular complexity index is 371. The molecule has 94 valence electrons. The third-order valence-electron chi connectivity index (χ3n) is 3.05. The number of hydrogen-bond acceptors (Lipinski definition) is 2. The Morgan fingerprint density at radius 3 is 2.94 bits per heavy atom. The van der Waals surface area contributed by atoms with Crippen molar-refractivity contribution in [1.82, 2.24) is 5.32 Å². The maximum Gasteiger partial charge on any atom is 0.124 e. The average molecular weight is 302 g/mol. The third-order valence-corrected chi connectivity index (χ3v) is 3.51. The summed E-state index contributed by atoms with van der Waals surface area (Å²) < 4.78 is 19.6. The molecule has 2 nitrogen and oxygen atoms in total. The van der Waals surface area contributed by atoms with Crippen molar-refractivity contribution in [2.45, 2.75) is 31.9 Å². The number of nitrogens with one attached hydrogen (secondary N) is 1. The summed E-state index contributed by atoms with van der Waals surface area (Å²) in [6.07, 6.45) is 2.22. The van der Waals surface area contributed by atoms with E-state index in [2.05, 4.69) is 28.2 Å². The molecule has 1 N–H and O–H groups in total. The molecule has 4 heteroatoms. The molecule has 2 rings (SSSR count). The fourth-order valence-electron chi connectivity index (χ4n) is 2.16. The fraction of sp³-hybridized carbons (Fsp3) is 0.538. The van der Waals surface area contributed by atoms with Crippen LogP contribution in [-0.2, 0) is 11.3 Å². The molecule has 0 bridgehead atoms. The van der Waals surface area contributed by atoms with E-state index in [1.807, 2.05) is 6.07 Å². The molecule has 1 atom stereocenters. The average Bonchev–Trinajstić information content (AvgIpc) is 2.64. The van der Waals surface area contributed by atoms with Crippen LogP contribution in [0.5, 0.6) is 0 Å². The van der Waals surface area contributed by atoms with Crippen LogP contribution in [0, 0.1) is 5.82 Å². The van der Waals surface area contributed by atoms with Gasteiger partial charge in [-0.3, -0.25) is 0 Å². The highest BCUT2D eigenvalue weighted by Gasteiger charge is 2.28. The molecule has 0 spiro atoms. The summed E-state index contributed by atoms with van der Waals surface area (Å²) in [7, 11) is 0. The fourth-order valence-corrected chi connectivity index (χ4v) is 2.67. The molecule has 0 radical (unpaired) electrons. The molecule has 1 aromatic rings. The summed E-state index contributed by atoms with van der Waals surface area (Å²) in [6, 6.07) is 4.94. The van der Waals surface area contributed by atoms with Gasteiger partial charge < -0.3 is 10.1 Å². The zero-order chi connectivity index (χ0) is 12.3. The summed E-state index contributed by atoms with van der Waals surface area (Å²) in [5.74, 6) is -0.209. The molecular weight excluding hydrogens is 285 g/mol. The second-order valence-corrected chi connectivity index (χ2v) is 5.70. The first-order chi connectivity index (χ1) is 8.07. The van der Waals surface area contributed by atoms with Crippen LogP contribution in [0.15, 0.2) is 22.7 Å². The maximum atomic E-state index is 13.1. The normalized spacial score (nSPS) is 24.2. The number of halogens is 2. The monoisotopic (exact) mass is 301 g/mol. The molecule has 1 aromatic carbocycles. The van der Waals surface area contributed by atoms with Gasteiger partial charge in [0.1, 0.15) is 5.82 Å². The van der Waals surface area contributed by atoms with Crippen molar-refractivity contribution in [2.75, 3.05) is 13.2 Å². The van der Waals surface area contributed by atoms with E-state index in [-0.39, 0.29) is 11.4 Å². The van der Waals surface area contributed by atoms with E-state index in [1.165, 1.54) is 6.07 Å². The molecule has 0 amide bonds. The van der Waals surface area contributed by atoms with E-state index >= 15 is 0 Å². The van der Waals surface area contributed by atoms with E-state index in [1.54, 1.807) is 6.07 Å². The lowest BCUT2D eigenvalue weighted by atomic mass is 10.0. The van der Waals surface area contributed by atoms with Gasteiger partial charge in [0.05, 0.1) is 5.60 Å². The molecule has 0 aliphatic carbocycles. The van der Waals surface area contributed by atoms with Crippen molar-refractivity contribution in [3.8, 4) is 0 Å². The summed E-state index contributed by atoms with van der Waals surface area (Å²) in [6.45, 7) is 4.44. The Labute approximate surface area is 110 Å². The first-order valence-electron chi connectivity index (χ1n) is 5.87. The lowest BCUT2D eigenvalue weighted by Crippen LogP contribution is -2.36. The van der Waals surface area contributed by atoms with Crippen molar-refractivity contribution in [1.29, 1.82) is 0 Å². The highest BCUT2D eigenvalue weighted by Crippen LogP contribution is 2.24. The predicted octanol–water partition coefficient (Wildman–Crippen LogP) is 3.25. The zero-order valence-corrected chi connectivity index (χ0v) is 11.5. The predicted molar refractivity (Wildman–Crippen MR) is 69.4 cm³/mol. The highest BCUT2D eigenvalue weighted by molar-refractivity contribution is 9.10. The molecule has 0 aromatic heterocycles. The van der Waals surface area contributed by atoms with Crippen LogP contribution < -0.4 is 5.32 Å². The van der Waals surface area contributed by atoms with Gasteiger partial charge in [0.25, 0.3) is 0 Å². The molecule has 1 aliphatic rings. The topological polar surface area (TPSA) is 21.3 Å². The van der Waals surface area contributed by atoms with Crippen molar-refractivity contribution in [2.24, 2.45) is 0 Å². The molecule has 0 saturated carbocycles. The van der Waals surface area contributed by atoms with E-state index < -0.39 is 0 Å². The lowest BCUT2D eigenvalue weighted by molar-refractivity contribution is 0.0207. The second kappa shape index (κ2) is 5.46. The number of ether oxygens (including phenoxy) is 1. The number of benzene rings is 1. The van der Waals surface area contributed by atoms with Crippen molar-refractivity contribution >= 4 is 15.9 Å². The zero-order valence-electron chi connectivity index (χ0n) is 9.93. The van der Waals surface area contributed by atoms with Crippen LogP contribution in [0.1, 0.15) is 25.3 Å². The van der Waals surface area contributed by atoms with Gasteiger partial charge in [-0.1, -0.05) is 15.9 Å². The van der Waals surface area contributed by atoms with Crippen LogP contribution in [0.25, 0.3) is 0 Å². The molecule has 17 heavy (non-hydrogen) atoms. The van der Waals surface area contributed by atoms with Gasteiger partial charge in [0.2, 0.25) is 0 Å². The van der Waals surface area contributed by atoms with Crippen LogP contribution in [0.3, 0.4) is 0 Å². The van der Waals surface area contributed by atoms with E-state index in [9.17, 15) is 4.39 Å². The summed E-state index contributed by atoms with van der Waals surface area (Å²) in [4.78, 5) is 0. The Balaban J connectivity index is 1.85. The van der Waals surface area contributed by atoms with Gasteiger partial charge in [-0.2, -0.15) is 0 Å². The van der Waals surface area contributed by atoms with Crippen LogP contribution in [0.2, 0.25) is 0 Å². The molecule has 1 aliphatic heterocycles. The van der Waals surface area contributed by atoms with E-state index in [0.29, 0.717) is 6.54 Å². The largest absolute Gasteiger partial charge is 0.374 e. The Kier molecular flexibility index (Phi) is 4.17. The van der Waals surface area contributed by atoms with E-state index in [4.69, 9.17) is 4.74 Å². The quantitative estimate of drug-likeness (QED) is 0.922. The van der Waals surface area contributed by atoms with E-state index in [0.717, 1.165) is 36.0 Å². The van der Waals surface area contributed by atoms with Gasteiger partial charge in [0, 0.05) is 24.2 Å². The molecular formula is C13H17BrFNO. The van der Waals surface area contributed by atoms with Crippen LogP contribution >= 0.6 is 15.9 Å². The summed E-state index contributed by atoms with van der Waals surface area (Å²) in [5.41, 5.74) is 0.892. The molecule has 1 saturated heterocycles. The Hall–Kier alpha value is -0.450. The standard InChI is InChI=1S/C13H17BrFNO/c1-13(3-2-4-17-13)9-16-8-10-5-11(14)7-12(15)6-10/h5-7,16H,2-4,8-9H2,1H3. The molecule has 1 heterocycles. The molecule has 1 unspecified atom stereocenters. The first kappa shape index (κ1) is 13.0. The first-order valence-corrected chi connectivity index (χ1v) is 6.66. The second-order valence-electron chi connectivity index (χ2n) is 4.78. The van der Waals surface area contributed by atoms with Gasteiger partial charge >= 0.3 is 0 Å². The molecule has 1 fully saturated rings. The Morgan fingerprint density at radius 2 is 2.29 bits per heavy atom. The smallest absolute Gasteiger partial charge is 0.124 e. The Morgan fingerprint density at radius 1 is 1.47 bits per heavy atom. The van der Waals surface area contributed by atoms with Crippen molar-refractivity contribution in [3.63, 3.8) is 0 Å². The third kappa shape index (κ3) is 3.76. The van der Waals surface area contributed by atoms with Crippen LogP contribution in [-0.4, -0.2) is 18.8 Å². The van der Waals surface area contributed by atoms with Gasteiger partial charge in [-0.15, -0.1) is 0 Å².